The average molecular weight is 236 g/mol. The lowest BCUT2D eigenvalue weighted by Crippen LogP contribution is -2.58. The fourth-order valence-electron chi connectivity index (χ4n) is 1.72. The van der Waals surface area contributed by atoms with Crippen LogP contribution in [0.25, 0.3) is 0 Å². The fourth-order valence-corrected chi connectivity index (χ4v) is 1.72. The SMILES string of the molecule is CCC(CO)(C(=O)O)C(CO)(CO)C(=O)O. The van der Waals surface area contributed by atoms with Crippen LogP contribution in [0.4, 0.5) is 0 Å². The normalized spacial score (nSPS) is 15.5. The zero-order valence-corrected chi connectivity index (χ0v) is 8.88. The highest BCUT2D eigenvalue weighted by atomic mass is 16.4. The van der Waals surface area contributed by atoms with E-state index in [2.05, 4.69) is 0 Å². The molecule has 0 amide bonds. The molecule has 0 rings (SSSR count). The van der Waals surface area contributed by atoms with E-state index in [1.807, 2.05) is 0 Å². The van der Waals surface area contributed by atoms with Crippen molar-refractivity contribution in [2.75, 3.05) is 19.8 Å². The van der Waals surface area contributed by atoms with Crippen LogP contribution in [0, 0.1) is 10.8 Å². The van der Waals surface area contributed by atoms with Gasteiger partial charge in [0.15, 0.2) is 0 Å². The van der Waals surface area contributed by atoms with Gasteiger partial charge in [-0.15, -0.1) is 0 Å². The second-order valence-corrected chi connectivity index (χ2v) is 3.60. The smallest absolute Gasteiger partial charge is 0.315 e. The molecule has 94 valence electrons. The predicted molar refractivity (Wildman–Crippen MR) is 51.7 cm³/mol. The minimum atomic E-state index is -2.30. The molecule has 7 heteroatoms. The molecule has 0 aromatic carbocycles. The maximum absolute atomic E-state index is 11.1. The number of aliphatic carboxylic acids is 2. The van der Waals surface area contributed by atoms with E-state index in [1.54, 1.807) is 0 Å². The molecule has 0 aromatic heterocycles. The first-order valence-corrected chi connectivity index (χ1v) is 4.68. The lowest BCUT2D eigenvalue weighted by atomic mass is 9.62. The summed E-state index contributed by atoms with van der Waals surface area (Å²) in [6, 6.07) is 0. The molecule has 0 fully saturated rings. The molecular formula is C9H16O7. The molecule has 0 aliphatic heterocycles. The first kappa shape index (κ1) is 14.8. The maximum atomic E-state index is 11.1. The molecule has 1 atom stereocenters. The van der Waals surface area contributed by atoms with Gasteiger partial charge in [0.25, 0.3) is 0 Å². The summed E-state index contributed by atoms with van der Waals surface area (Å²) in [4.78, 5) is 22.2. The van der Waals surface area contributed by atoms with Crippen LogP contribution in [0.15, 0.2) is 0 Å². The molecule has 0 heterocycles. The van der Waals surface area contributed by atoms with E-state index in [1.165, 1.54) is 6.92 Å². The van der Waals surface area contributed by atoms with Crippen LogP contribution in [-0.4, -0.2) is 57.3 Å². The average Bonchev–Trinajstić information content (AvgIpc) is 2.25. The molecular weight excluding hydrogens is 220 g/mol. The molecule has 0 aromatic rings. The van der Waals surface area contributed by atoms with Gasteiger partial charge in [-0.1, -0.05) is 6.92 Å². The van der Waals surface area contributed by atoms with Crippen molar-refractivity contribution in [3.05, 3.63) is 0 Å². The Kier molecular flexibility index (Phi) is 4.85. The van der Waals surface area contributed by atoms with Gasteiger partial charge in [0.1, 0.15) is 10.8 Å². The van der Waals surface area contributed by atoms with E-state index in [0.29, 0.717) is 0 Å². The number of aliphatic hydroxyl groups excluding tert-OH is 3. The molecule has 7 nitrogen and oxygen atoms in total. The van der Waals surface area contributed by atoms with Gasteiger partial charge in [0.05, 0.1) is 19.8 Å². The maximum Gasteiger partial charge on any atom is 0.315 e. The zero-order chi connectivity index (χ0) is 13.0. The van der Waals surface area contributed by atoms with E-state index in [-0.39, 0.29) is 6.42 Å². The van der Waals surface area contributed by atoms with Crippen molar-refractivity contribution < 1.29 is 35.1 Å². The summed E-state index contributed by atoms with van der Waals surface area (Å²) in [7, 11) is 0. The predicted octanol–water partition coefficient (Wildman–Crippen LogP) is -1.48. The van der Waals surface area contributed by atoms with Crippen molar-refractivity contribution >= 4 is 11.9 Å². The number of carboxylic acids is 2. The molecule has 0 bridgehead atoms. The van der Waals surface area contributed by atoms with Crippen molar-refractivity contribution in [2.24, 2.45) is 10.8 Å². The minimum absolute atomic E-state index is 0.230. The van der Waals surface area contributed by atoms with Crippen LogP contribution in [0.1, 0.15) is 13.3 Å². The zero-order valence-electron chi connectivity index (χ0n) is 8.88. The Labute approximate surface area is 92.0 Å². The van der Waals surface area contributed by atoms with Gasteiger partial charge in [0.2, 0.25) is 0 Å². The van der Waals surface area contributed by atoms with E-state index < -0.39 is 42.6 Å². The first-order valence-electron chi connectivity index (χ1n) is 4.68. The van der Waals surface area contributed by atoms with Gasteiger partial charge in [-0.25, -0.2) is 0 Å². The van der Waals surface area contributed by atoms with Gasteiger partial charge < -0.3 is 25.5 Å². The Bertz CT molecular complexity index is 237. The highest BCUT2D eigenvalue weighted by molar-refractivity contribution is 5.87. The summed E-state index contributed by atoms with van der Waals surface area (Å²) < 4.78 is 0. The Balaban J connectivity index is 5.78. The fraction of sp³-hybridized carbons (Fsp3) is 0.778. The van der Waals surface area contributed by atoms with Gasteiger partial charge in [0, 0.05) is 0 Å². The van der Waals surface area contributed by atoms with E-state index >= 15 is 0 Å². The summed E-state index contributed by atoms with van der Waals surface area (Å²) in [6.07, 6.45) is -0.230. The second kappa shape index (κ2) is 5.24. The molecule has 0 saturated carbocycles. The van der Waals surface area contributed by atoms with Crippen molar-refractivity contribution in [1.82, 2.24) is 0 Å². The third kappa shape index (κ3) is 1.77. The van der Waals surface area contributed by atoms with E-state index in [9.17, 15) is 9.59 Å². The molecule has 0 spiro atoms. The minimum Gasteiger partial charge on any atom is -0.481 e. The number of aliphatic hydroxyl groups is 3. The highest BCUT2D eigenvalue weighted by Gasteiger charge is 2.60. The van der Waals surface area contributed by atoms with Gasteiger partial charge >= 0.3 is 11.9 Å². The van der Waals surface area contributed by atoms with Crippen molar-refractivity contribution in [2.45, 2.75) is 13.3 Å². The Hall–Kier alpha value is -1.18. The summed E-state index contributed by atoms with van der Waals surface area (Å²) in [5.41, 5.74) is -4.41. The van der Waals surface area contributed by atoms with Crippen LogP contribution in [-0.2, 0) is 9.59 Å². The third-order valence-electron chi connectivity index (χ3n) is 3.15. The molecule has 0 aliphatic carbocycles. The monoisotopic (exact) mass is 236 g/mol. The van der Waals surface area contributed by atoms with Crippen LogP contribution < -0.4 is 0 Å². The number of hydrogen-bond donors (Lipinski definition) is 5. The van der Waals surface area contributed by atoms with Crippen LogP contribution >= 0.6 is 0 Å². The quantitative estimate of drug-likeness (QED) is 0.363. The topological polar surface area (TPSA) is 135 Å². The molecule has 16 heavy (non-hydrogen) atoms. The summed E-state index contributed by atoms with van der Waals surface area (Å²) in [5, 5.41) is 45.3. The van der Waals surface area contributed by atoms with Crippen LogP contribution in [0.2, 0.25) is 0 Å². The Morgan fingerprint density at radius 1 is 0.875 bits per heavy atom. The van der Waals surface area contributed by atoms with Gasteiger partial charge in [-0.05, 0) is 6.42 Å². The third-order valence-corrected chi connectivity index (χ3v) is 3.15. The van der Waals surface area contributed by atoms with Crippen molar-refractivity contribution in [1.29, 1.82) is 0 Å². The molecule has 0 radical (unpaired) electrons. The summed E-state index contributed by atoms with van der Waals surface area (Å²) >= 11 is 0. The lowest BCUT2D eigenvalue weighted by Gasteiger charge is -2.40. The van der Waals surface area contributed by atoms with Crippen molar-refractivity contribution in [3.8, 4) is 0 Å². The first-order chi connectivity index (χ1) is 7.38. The van der Waals surface area contributed by atoms with Crippen LogP contribution in [0.3, 0.4) is 0 Å². The summed E-state index contributed by atoms with van der Waals surface area (Å²) in [6.45, 7) is -1.75. The molecule has 0 saturated heterocycles. The van der Waals surface area contributed by atoms with Crippen LogP contribution in [0.5, 0.6) is 0 Å². The second-order valence-electron chi connectivity index (χ2n) is 3.60. The number of hydrogen-bond acceptors (Lipinski definition) is 5. The Morgan fingerprint density at radius 3 is 1.25 bits per heavy atom. The number of rotatable bonds is 7. The van der Waals surface area contributed by atoms with E-state index in [0.717, 1.165) is 0 Å². The van der Waals surface area contributed by atoms with E-state index in [4.69, 9.17) is 25.5 Å². The highest BCUT2D eigenvalue weighted by Crippen LogP contribution is 2.42. The number of carboxylic acid groups (broad SMARTS) is 2. The largest absolute Gasteiger partial charge is 0.481 e. The standard InChI is InChI=1S/C9H16O7/c1-2-8(3-10,6(13)14)9(4-11,5-12)7(15)16/h10-12H,2-5H2,1H3,(H,13,14)(H,15,16). The Morgan fingerprint density at radius 2 is 1.19 bits per heavy atom. The molecule has 5 N–H and O–H groups in total. The molecule has 0 aliphatic rings. The van der Waals surface area contributed by atoms with Gasteiger partial charge in [-0.2, -0.15) is 0 Å². The number of carbonyl (C=O) groups is 2. The molecule has 1 unspecified atom stereocenters. The van der Waals surface area contributed by atoms with Crippen molar-refractivity contribution in [3.63, 3.8) is 0 Å². The van der Waals surface area contributed by atoms with Gasteiger partial charge in [-0.3, -0.25) is 9.59 Å². The summed E-state index contributed by atoms with van der Waals surface area (Å²) in [5.74, 6) is -3.22. The lowest BCUT2D eigenvalue weighted by molar-refractivity contribution is -0.189.